The summed E-state index contributed by atoms with van der Waals surface area (Å²) >= 11 is 3.30. The molecule has 8 heteroatoms. The molecule has 3 aromatic carbocycles. The van der Waals surface area contributed by atoms with Gasteiger partial charge in [0.2, 0.25) is 0 Å². The van der Waals surface area contributed by atoms with Crippen LogP contribution in [0.3, 0.4) is 0 Å². The number of nitriles is 1. The fourth-order valence-electron chi connectivity index (χ4n) is 2.92. The predicted octanol–water partition coefficient (Wildman–Crippen LogP) is 5.69. The van der Waals surface area contributed by atoms with Crippen LogP contribution in [0.15, 0.2) is 75.6 Å². The molecule has 1 amide bonds. The summed E-state index contributed by atoms with van der Waals surface area (Å²) in [6.07, 6.45) is 1.42. The lowest BCUT2D eigenvalue weighted by atomic mass is 10.1. The highest BCUT2D eigenvalue weighted by Crippen LogP contribution is 2.30. The maximum atomic E-state index is 12.6. The highest BCUT2D eigenvalue weighted by atomic mass is 79.9. The van der Waals surface area contributed by atoms with Gasteiger partial charge in [0, 0.05) is 5.69 Å². The third kappa shape index (κ3) is 6.09. The van der Waals surface area contributed by atoms with E-state index in [1.807, 2.05) is 45.0 Å². The largest absolute Gasteiger partial charge is 0.378 e. The van der Waals surface area contributed by atoms with Crippen LogP contribution in [0, 0.1) is 32.1 Å². The molecule has 0 aromatic heterocycles. The van der Waals surface area contributed by atoms with E-state index in [1.165, 1.54) is 24.3 Å². The molecule has 0 aliphatic carbocycles. The van der Waals surface area contributed by atoms with Crippen LogP contribution in [0.25, 0.3) is 6.08 Å². The predicted molar refractivity (Wildman–Crippen MR) is 131 cm³/mol. The van der Waals surface area contributed by atoms with Gasteiger partial charge in [-0.05, 0) is 89.8 Å². The van der Waals surface area contributed by atoms with Gasteiger partial charge >= 0.3 is 10.1 Å². The Morgan fingerprint density at radius 2 is 1.67 bits per heavy atom. The maximum absolute atomic E-state index is 12.6. The van der Waals surface area contributed by atoms with E-state index in [0.717, 1.165) is 16.7 Å². The number of nitrogens with zero attached hydrogens (tertiary/aromatic N) is 1. The summed E-state index contributed by atoms with van der Waals surface area (Å²) in [6.45, 7) is 5.64. The zero-order valence-electron chi connectivity index (χ0n) is 18.2. The Hall–Kier alpha value is -3.41. The van der Waals surface area contributed by atoms with Crippen molar-refractivity contribution in [3.63, 3.8) is 0 Å². The Morgan fingerprint density at radius 1 is 1.00 bits per heavy atom. The van der Waals surface area contributed by atoms with E-state index in [1.54, 1.807) is 24.3 Å². The zero-order valence-corrected chi connectivity index (χ0v) is 20.6. The lowest BCUT2D eigenvalue weighted by Gasteiger charge is -2.10. The van der Waals surface area contributed by atoms with E-state index in [4.69, 9.17) is 4.18 Å². The average molecular weight is 525 g/mol. The summed E-state index contributed by atoms with van der Waals surface area (Å²) in [7, 11) is -4.01. The normalized spacial score (nSPS) is 11.5. The summed E-state index contributed by atoms with van der Waals surface area (Å²) in [5, 5.41) is 12.2. The average Bonchev–Trinajstić information content (AvgIpc) is 2.76. The molecule has 0 saturated carbocycles. The molecular weight excluding hydrogens is 504 g/mol. The van der Waals surface area contributed by atoms with Crippen molar-refractivity contribution < 1.29 is 17.4 Å². The van der Waals surface area contributed by atoms with Gasteiger partial charge in [0.15, 0.2) is 5.75 Å². The van der Waals surface area contributed by atoms with Crippen molar-refractivity contribution in [1.82, 2.24) is 0 Å². The number of aryl methyl sites for hydroxylation is 3. The van der Waals surface area contributed by atoms with Gasteiger partial charge in [0.25, 0.3) is 5.91 Å². The third-order valence-corrected chi connectivity index (χ3v) is 6.65. The number of nitrogens with one attached hydrogen (secondary N) is 1. The van der Waals surface area contributed by atoms with E-state index >= 15 is 0 Å². The maximum Gasteiger partial charge on any atom is 0.339 e. The first kappa shape index (κ1) is 24.2. The lowest BCUT2D eigenvalue weighted by molar-refractivity contribution is -0.112. The van der Waals surface area contributed by atoms with Gasteiger partial charge in [-0.3, -0.25) is 4.79 Å². The second-order valence-electron chi connectivity index (χ2n) is 7.48. The number of hydrogen-bond acceptors (Lipinski definition) is 5. The second-order valence-corrected chi connectivity index (χ2v) is 9.88. The molecule has 0 atom stereocenters. The molecule has 0 saturated heterocycles. The highest BCUT2D eigenvalue weighted by molar-refractivity contribution is 9.10. The molecule has 0 radical (unpaired) electrons. The Labute approximate surface area is 201 Å². The minimum atomic E-state index is -4.01. The SMILES string of the molecule is Cc1ccc(S(=O)(=O)Oc2ccc(/C=C(\C#N)C(=O)Nc3cc(C)ccc3C)cc2Br)cc1. The Morgan fingerprint density at radius 3 is 2.30 bits per heavy atom. The number of halogens is 1. The van der Waals surface area contributed by atoms with Gasteiger partial charge in [-0.2, -0.15) is 13.7 Å². The fourth-order valence-corrected chi connectivity index (χ4v) is 4.45. The molecule has 0 heterocycles. The molecule has 33 heavy (non-hydrogen) atoms. The molecule has 3 aromatic rings. The number of carbonyl (C=O) groups is 1. The molecule has 0 bridgehead atoms. The lowest BCUT2D eigenvalue weighted by Crippen LogP contribution is -2.14. The zero-order chi connectivity index (χ0) is 24.2. The Balaban J connectivity index is 1.81. The minimum Gasteiger partial charge on any atom is -0.378 e. The van der Waals surface area contributed by atoms with Crippen molar-refractivity contribution in [3.05, 3.63) is 93.0 Å². The van der Waals surface area contributed by atoms with Crippen LogP contribution in [0.2, 0.25) is 0 Å². The first-order valence-electron chi connectivity index (χ1n) is 9.90. The summed E-state index contributed by atoms with van der Waals surface area (Å²) in [6, 6.07) is 18.5. The molecule has 3 rings (SSSR count). The second kappa shape index (κ2) is 10.0. The quantitative estimate of drug-likeness (QED) is 0.254. The smallest absolute Gasteiger partial charge is 0.339 e. The third-order valence-electron chi connectivity index (χ3n) is 4.78. The first-order valence-corrected chi connectivity index (χ1v) is 12.1. The molecule has 0 unspecified atom stereocenters. The standard InChI is InChI=1S/C25H21BrN2O4S/c1-16-5-9-21(10-6-16)33(30,31)32-24-11-8-19(14-22(24)26)13-20(15-27)25(29)28-23-12-17(2)4-7-18(23)3/h4-14H,1-3H3,(H,28,29)/b20-13+. The van der Waals surface area contributed by atoms with Crippen LogP contribution in [0.1, 0.15) is 22.3 Å². The highest BCUT2D eigenvalue weighted by Gasteiger charge is 2.18. The Kier molecular flexibility index (Phi) is 7.36. The van der Waals surface area contributed by atoms with Gasteiger partial charge in [-0.15, -0.1) is 0 Å². The van der Waals surface area contributed by atoms with Crippen LogP contribution in [0.5, 0.6) is 5.75 Å². The summed E-state index contributed by atoms with van der Waals surface area (Å²) < 4.78 is 30.7. The van der Waals surface area contributed by atoms with Crippen molar-refractivity contribution in [3.8, 4) is 11.8 Å². The van der Waals surface area contributed by atoms with Crippen LogP contribution in [0.4, 0.5) is 5.69 Å². The molecule has 0 spiro atoms. The topological polar surface area (TPSA) is 96.3 Å². The first-order chi connectivity index (χ1) is 15.6. The number of anilines is 1. The molecule has 1 N–H and O–H groups in total. The fraction of sp³-hybridized carbons (Fsp3) is 0.120. The van der Waals surface area contributed by atoms with Gasteiger partial charge in [-0.25, -0.2) is 0 Å². The van der Waals surface area contributed by atoms with Crippen molar-refractivity contribution >= 4 is 43.7 Å². The number of rotatable bonds is 6. The Bertz CT molecular complexity index is 1390. The molecule has 6 nitrogen and oxygen atoms in total. The van der Waals surface area contributed by atoms with Crippen molar-refractivity contribution in [2.45, 2.75) is 25.7 Å². The van der Waals surface area contributed by atoms with E-state index in [0.29, 0.717) is 15.7 Å². The van der Waals surface area contributed by atoms with Crippen LogP contribution in [-0.2, 0) is 14.9 Å². The number of carbonyl (C=O) groups excluding carboxylic acids is 1. The van der Waals surface area contributed by atoms with Gasteiger partial charge in [-0.1, -0.05) is 35.9 Å². The van der Waals surface area contributed by atoms with E-state index < -0.39 is 16.0 Å². The van der Waals surface area contributed by atoms with E-state index in [9.17, 15) is 18.5 Å². The summed E-state index contributed by atoms with van der Waals surface area (Å²) in [5.41, 5.74) is 3.86. The van der Waals surface area contributed by atoms with Crippen LogP contribution in [-0.4, -0.2) is 14.3 Å². The molecule has 0 aliphatic heterocycles. The number of amides is 1. The summed E-state index contributed by atoms with van der Waals surface area (Å²) in [4.78, 5) is 12.7. The minimum absolute atomic E-state index is 0.0406. The monoisotopic (exact) mass is 524 g/mol. The molecule has 0 fully saturated rings. The number of hydrogen-bond donors (Lipinski definition) is 1. The van der Waals surface area contributed by atoms with Crippen LogP contribution < -0.4 is 9.50 Å². The van der Waals surface area contributed by atoms with E-state index in [-0.39, 0.29) is 16.2 Å². The van der Waals surface area contributed by atoms with E-state index in [2.05, 4.69) is 21.2 Å². The van der Waals surface area contributed by atoms with Gasteiger partial charge in [0.1, 0.15) is 16.5 Å². The van der Waals surface area contributed by atoms with Crippen molar-refractivity contribution in [2.75, 3.05) is 5.32 Å². The van der Waals surface area contributed by atoms with Crippen LogP contribution >= 0.6 is 15.9 Å². The number of benzene rings is 3. The molecule has 168 valence electrons. The van der Waals surface area contributed by atoms with Gasteiger partial charge < -0.3 is 9.50 Å². The molecular formula is C25H21BrN2O4S. The van der Waals surface area contributed by atoms with Crippen molar-refractivity contribution in [1.29, 1.82) is 5.26 Å². The summed E-state index contributed by atoms with van der Waals surface area (Å²) in [5.74, 6) is -0.448. The van der Waals surface area contributed by atoms with Gasteiger partial charge in [0.05, 0.1) is 4.47 Å². The molecule has 0 aliphatic rings. The van der Waals surface area contributed by atoms with Crippen molar-refractivity contribution in [2.24, 2.45) is 0 Å².